The van der Waals surface area contributed by atoms with E-state index in [1.54, 1.807) is 0 Å². The van der Waals surface area contributed by atoms with Crippen molar-refractivity contribution in [1.82, 2.24) is 0 Å². The summed E-state index contributed by atoms with van der Waals surface area (Å²) in [4.78, 5) is 0. The lowest BCUT2D eigenvalue weighted by Gasteiger charge is -2.29. The van der Waals surface area contributed by atoms with Crippen LogP contribution in [0.15, 0.2) is 48.5 Å². The third-order valence-corrected chi connectivity index (χ3v) is 7.27. The van der Waals surface area contributed by atoms with E-state index >= 15 is 0 Å². The van der Waals surface area contributed by atoms with Crippen molar-refractivity contribution in [2.24, 2.45) is 0 Å². The topological polar surface area (TPSA) is 29.5 Å². The van der Waals surface area contributed by atoms with E-state index in [2.05, 4.69) is 63.2 Å². The summed E-state index contributed by atoms with van der Waals surface area (Å²) in [7, 11) is 0. The van der Waals surface area contributed by atoms with Crippen LogP contribution >= 0.6 is 0 Å². The molecule has 0 aliphatic heterocycles. The van der Waals surface area contributed by atoms with Crippen molar-refractivity contribution in [3.63, 3.8) is 0 Å². The molecule has 0 spiro atoms. The van der Waals surface area contributed by atoms with Gasteiger partial charge in [-0.1, -0.05) is 108 Å². The Morgan fingerprint density at radius 2 is 1.72 bits per heavy atom. The first-order chi connectivity index (χ1) is 15.5. The molecule has 176 valence electrons. The van der Waals surface area contributed by atoms with Gasteiger partial charge in [0.15, 0.2) is 0 Å². The molecule has 1 saturated carbocycles. The second-order valence-electron chi connectivity index (χ2n) is 10.4. The first-order valence-corrected chi connectivity index (χ1v) is 13.0. The Hall–Kier alpha value is -1.80. The van der Waals surface area contributed by atoms with Crippen LogP contribution < -0.4 is 4.74 Å². The zero-order chi connectivity index (χ0) is 22.8. The fraction of sp³-hybridized carbons (Fsp3) is 0.600. The third-order valence-electron chi connectivity index (χ3n) is 7.27. The molecular weight excluding hydrogens is 392 g/mol. The maximum Gasteiger partial charge on any atom is 0.123 e. The SMILES string of the molecule is CCCCCCC(C)(C)c1ccc([C@@H]2CCCCC[C@@H](O)C2)c(OCc2ccccc2)c1. The summed E-state index contributed by atoms with van der Waals surface area (Å²) in [5.74, 6) is 1.39. The maximum atomic E-state index is 10.5. The molecule has 2 aromatic rings. The molecule has 0 heterocycles. The van der Waals surface area contributed by atoms with Crippen molar-refractivity contribution < 1.29 is 9.84 Å². The quantitative estimate of drug-likeness (QED) is 0.379. The van der Waals surface area contributed by atoms with Gasteiger partial charge in [-0.25, -0.2) is 0 Å². The molecule has 0 unspecified atom stereocenters. The summed E-state index contributed by atoms with van der Waals surface area (Å²) in [5, 5.41) is 10.5. The minimum Gasteiger partial charge on any atom is -0.489 e. The van der Waals surface area contributed by atoms with Crippen molar-refractivity contribution in [2.75, 3.05) is 0 Å². The Morgan fingerprint density at radius 1 is 0.938 bits per heavy atom. The van der Waals surface area contributed by atoms with Crippen LogP contribution in [0.5, 0.6) is 5.75 Å². The molecule has 2 heteroatoms. The first kappa shape index (κ1) is 24.8. The van der Waals surface area contributed by atoms with Crippen LogP contribution in [0.2, 0.25) is 0 Å². The van der Waals surface area contributed by atoms with Gasteiger partial charge in [-0.3, -0.25) is 0 Å². The Kier molecular flexibility index (Phi) is 9.66. The number of hydrogen-bond acceptors (Lipinski definition) is 2. The van der Waals surface area contributed by atoms with Crippen LogP contribution in [0.4, 0.5) is 0 Å². The number of rotatable bonds is 10. The summed E-state index contributed by atoms with van der Waals surface area (Å²) in [5.41, 5.74) is 3.98. The minimum atomic E-state index is -0.197. The molecule has 0 aromatic heterocycles. The molecule has 1 fully saturated rings. The van der Waals surface area contributed by atoms with Gasteiger partial charge in [0.05, 0.1) is 6.10 Å². The van der Waals surface area contributed by atoms with Gasteiger partial charge in [-0.15, -0.1) is 0 Å². The van der Waals surface area contributed by atoms with Crippen LogP contribution in [0.3, 0.4) is 0 Å². The highest BCUT2D eigenvalue weighted by Crippen LogP contribution is 2.40. The average molecular weight is 437 g/mol. The monoisotopic (exact) mass is 436 g/mol. The zero-order valence-electron chi connectivity index (χ0n) is 20.6. The predicted octanol–water partition coefficient (Wildman–Crippen LogP) is 8.31. The molecule has 1 aliphatic carbocycles. The van der Waals surface area contributed by atoms with Gasteiger partial charge >= 0.3 is 0 Å². The highest BCUT2D eigenvalue weighted by Gasteiger charge is 2.25. The molecule has 2 aromatic carbocycles. The number of aliphatic hydroxyl groups is 1. The van der Waals surface area contributed by atoms with Crippen molar-refractivity contribution in [3.8, 4) is 5.75 Å². The Balaban J connectivity index is 1.84. The fourth-order valence-electron chi connectivity index (χ4n) is 5.09. The number of unbranched alkanes of at least 4 members (excludes halogenated alkanes) is 3. The molecule has 0 saturated heterocycles. The second kappa shape index (κ2) is 12.4. The smallest absolute Gasteiger partial charge is 0.123 e. The van der Waals surface area contributed by atoms with Crippen LogP contribution in [0.1, 0.15) is 114 Å². The fourth-order valence-corrected chi connectivity index (χ4v) is 5.09. The minimum absolute atomic E-state index is 0.136. The van der Waals surface area contributed by atoms with E-state index in [0.29, 0.717) is 12.5 Å². The molecule has 32 heavy (non-hydrogen) atoms. The Labute approximate surface area is 196 Å². The van der Waals surface area contributed by atoms with Crippen molar-refractivity contribution in [1.29, 1.82) is 0 Å². The van der Waals surface area contributed by atoms with Gasteiger partial charge < -0.3 is 9.84 Å². The molecule has 0 bridgehead atoms. The van der Waals surface area contributed by atoms with E-state index in [9.17, 15) is 5.11 Å². The lowest BCUT2D eigenvalue weighted by Crippen LogP contribution is -2.19. The molecule has 1 aliphatic rings. The van der Waals surface area contributed by atoms with Gasteiger partial charge in [0.1, 0.15) is 12.4 Å². The maximum absolute atomic E-state index is 10.5. The van der Waals surface area contributed by atoms with E-state index in [1.807, 2.05) is 6.07 Å². The molecule has 3 rings (SSSR count). The van der Waals surface area contributed by atoms with E-state index in [4.69, 9.17) is 4.74 Å². The molecule has 0 radical (unpaired) electrons. The zero-order valence-corrected chi connectivity index (χ0v) is 20.6. The van der Waals surface area contributed by atoms with Crippen LogP contribution in [-0.4, -0.2) is 11.2 Å². The Bertz CT molecular complexity index is 796. The summed E-state index contributed by atoms with van der Waals surface area (Å²) in [6.45, 7) is 7.60. The van der Waals surface area contributed by atoms with Crippen molar-refractivity contribution >= 4 is 0 Å². The lowest BCUT2D eigenvalue weighted by molar-refractivity contribution is 0.132. The number of benzene rings is 2. The highest BCUT2D eigenvalue weighted by atomic mass is 16.5. The Morgan fingerprint density at radius 3 is 2.50 bits per heavy atom. The van der Waals surface area contributed by atoms with Gasteiger partial charge in [0.25, 0.3) is 0 Å². The summed E-state index contributed by atoms with van der Waals surface area (Å²) >= 11 is 0. The van der Waals surface area contributed by atoms with Crippen molar-refractivity contribution in [3.05, 3.63) is 65.2 Å². The summed E-state index contributed by atoms with van der Waals surface area (Å²) in [6, 6.07) is 17.4. The standard InChI is InChI=1S/C30H44O2/c1-4-5-6-13-20-30(2,3)26-18-19-28(25-16-11-8-12-17-27(31)21-25)29(22-26)32-23-24-14-9-7-10-15-24/h7,9-10,14-15,18-19,22,25,27,31H,4-6,8,11-13,16-17,20-21,23H2,1-3H3/t25-,27-/m1/s1. The summed E-state index contributed by atoms with van der Waals surface area (Å²) in [6.07, 6.45) is 12.7. The molecule has 0 amide bonds. The molecule has 1 N–H and O–H groups in total. The second-order valence-corrected chi connectivity index (χ2v) is 10.4. The van der Waals surface area contributed by atoms with Gasteiger partial charge in [-0.05, 0) is 59.8 Å². The largest absolute Gasteiger partial charge is 0.489 e. The highest BCUT2D eigenvalue weighted by molar-refractivity contribution is 5.42. The normalized spacial score (nSPS) is 19.9. The van der Waals surface area contributed by atoms with E-state index in [1.165, 1.54) is 61.6 Å². The average Bonchev–Trinajstić information content (AvgIpc) is 2.78. The lowest BCUT2D eigenvalue weighted by atomic mass is 9.78. The van der Waals surface area contributed by atoms with E-state index < -0.39 is 0 Å². The summed E-state index contributed by atoms with van der Waals surface area (Å²) < 4.78 is 6.48. The molecule has 2 nitrogen and oxygen atoms in total. The van der Waals surface area contributed by atoms with Crippen LogP contribution in [0, 0.1) is 0 Å². The van der Waals surface area contributed by atoms with Crippen molar-refractivity contribution in [2.45, 2.75) is 115 Å². The molecular formula is C30H44O2. The first-order valence-electron chi connectivity index (χ1n) is 13.0. The number of aliphatic hydroxyl groups excluding tert-OH is 1. The third kappa shape index (κ3) is 7.37. The number of hydrogen-bond donors (Lipinski definition) is 1. The van der Waals surface area contributed by atoms with Gasteiger partial charge in [0, 0.05) is 0 Å². The number of ether oxygens (including phenoxy) is 1. The van der Waals surface area contributed by atoms with Crippen LogP contribution in [-0.2, 0) is 12.0 Å². The van der Waals surface area contributed by atoms with Gasteiger partial charge in [0.2, 0.25) is 0 Å². The molecule has 2 atom stereocenters. The van der Waals surface area contributed by atoms with E-state index in [-0.39, 0.29) is 11.5 Å². The predicted molar refractivity (Wildman–Crippen MR) is 135 cm³/mol. The van der Waals surface area contributed by atoms with Gasteiger partial charge in [-0.2, -0.15) is 0 Å². The van der Waals surface area contributed by atoms with E-state index in [0.717, 1.165) is 31.4 Å². The van der Waals surface area contributed by atoms with Crippen LogP contribution in [0.25, 0.3) is 0 Å².